The molecule has 0 aromatic heterocycles. The fourth-order valence-electron chi connectivity index (χ4n) is 1.52. The summed E-state index contributed by atoms with van der Waals surface area (Å²) < 4.78 is 0. The van der Waals surface area contributed by atoms with Gasteiger partial charge in [-0.25, -0.2) is 0 Å². The average molecular weight is 253 g/mol. The zero-order chi connectivity index (χ0) is 12.7. The molecule has 4 nitrogen and oxygen atoms in total. The van der Waals surface area contributed by atoms with E-state index >= 15 is 0 Å². The van der Waals surface area contributed by atoms with Crippen LogP contribution in [-0.4, -0.2) is 24.5 Å². The van der Waals surface area contributed by atoms with Crippen LogP contribution in [0.1, 0.15) is 23.2 Å². The van der Waals surface area contributed by atoms with Gasteiger partial charge < -0.3 is 16.8 Å². The van der Waals surface area contributed by atoms with Gasteiger partial charge in [0.1, 0.15) is 0 Å². The van der Waals surface area contributed by atoms with E-state index in [4.69, 9.17) is 11.5 Å². The molecule has 5 N–H and O–H groups in total. The first-order valence-electron chi connectivity index (χ1n) is 5.57. The second kappa shape index (κ2) is 7.06. The van der Waals surface area contributed by atoms with Crippen LogP contribution in [0.4, 0.5) is 11.4 Å². The second-order valence-corrected chi connectivity index (χ2v) is 4.78. The van der Waals surface area contributed by atoms with Gasteiger partial charge >= 0.3 is 0 Å². The van der Waals surface area contributed by atoms with Gasteiger partial charge in [0.05, 0.1) is 5.56 Å². The number of benzene rings is 1. The van der Waals surface area contributed by atoms with Crippen LogP contribution in [-0.2, 0) is 0 Å². The molecule has 0 unspecified atom stereocenters. The first-order chi connectivity index (χ1) is 8.15. The molecule has 0 radical (unpaired) electrons. The van der Waals surface area contributed by atoms with Gasteiger partial charge in [0.15, 0.2) is 0 Å². The number of carbonyl (C=O) groups excluding carboxylic acids is 1. The summed E-state index contributed by atoms with van der Waals surface area (Å²) in [6, 6.07) is 5.08. The van der Waals surface area contributed by atoms with Crippen molar-refractivity contribution < 1.29 is 4.79 Å². The summed E-state index contributed by atoms with van der Waals surface area (Å²) in [6.45, 7) is 0.824. The van der Waals surface area contributed by atoms with Gasteiger partial charge in [-0.05, 0) is 43.0 Å². The molecule has 0 saturated heterocycles. The molecule has 0 saturated carbocycles. The molecule has 1 amide bonds. The Balaban J connectivity index is 2.56. The van der Waals surface area contributed by atoms with Crippen molar-refractivity contribution in [3.63, 3.8) is 0 Å². The number of anilines is 2. The van der Waals surface area contributed by atoms with Crippen molar-refractivity contribution >= 4 is 29.0 Å². The summed E-state index contributed by atoms with van der Waals surface area (Å²) in [5.74, 6) is 0.720. The molecule has 0 spiro atoms. The monoisotopic (exact) mass is 253 g/mol. The highest BCUT2D eigenvalue weighted by Crippen LogP contribution is 2.18. The minimum atomic E-state index is -0.434. The van der Waals surface area contributed by atoms with Crippen LogP contribution in [0.25, 0.3) is 0 Å². The van der Waals surface area contributed by atoms with Crippen LogP contribution < -0.4 is 16.8 Å². The third-order valence-electron chi connectivity index (χ3n) is 2.40. The molecule has 1 aromatic rings. The number of rotatable bonds is 7. The summed E-state index contributed by atoms with van der Waals surface area (Å²) in [5, 5.41) is 3.20. The fourth-order valence-corrected chi connectivity index (χ4v) is 2.01. The largest absolute Gasteiger partial charge is 0.399 e. The maximum Gasteiger partial charge on any atom is 0.250 e. The van der Waals surface area contributed by atoms with Crippen LogP contribution in [0.3, 0.4) is 0 Å². The van der Waals surface area contributed by atoms with Gasteiger partial charge in [-0.15, -0.1) is 0 Å². The third-order valence-corrected chi connectivity index (χ3v) is 3.10. The first-order valence-corrected chi connectivity index (χ1v) is 6.96. The molecule has 1 rings (SSSR count). The van der Waals surface area contributed by atoms with Crippen molar-refractivity contribution in [3.05, 3.63) is 23.8 Å². The standard InChI is InChI=1S/C12H19N3OS/c1-17-7-3-2-6-15-11-8-9(13)4-5-10(11)12(14)16/h4-5,8,15H,2-3,6-7,13H2,1H3,(H2,14,16). The number of thioether (sulfide) groups is 1. The number of carbonyl (C=O) groups is 1. The molecule has 5 heteroatoms. The summed E-state index contributed by atoms with van der Waals surface area (Å²) >= 11 is 1.84. The summed E-state index contributed by atoms with van der Waals surface area (Å²) in [5.41, 5.74) is 12.8. The molecule has 1 aromatic carbocycles. The van der Waals surface area contributed by atoms with Gasteiger partial charge in [0.25, 0.3) is 5.91 Å². The normalized spacial score (nSPS) is 10.2. The molecular formula is C12H19N3OS. The number of hydrogen-bond acceptors (Lipinski definition) is 4. The van der Waals surface area contributed by atoms with Crippen molar-refractivity contribution in [3.8, 4) is 0 Å². The Morgan fingerprint density at radius 1 is 1.41 bits per heavy atom. The molecule has 0 aliphatic rings. The molecule has 0 aliphatic carbocycles. The number of hydrogen-bond donors (Lipinski definition) is 3. The highest BCUT2D eigenvalue weighted by molar-refractivity contribution is 7.98. The summed E-state index contributed by atoms with van der Waals surface area (Å²) in [4.78, 5) is 11.2. The Kier molecular flexibility index (Phi) is 5.69. The van der Waals surface area contributed by atoms with E-state index in [-0.39, 0.29) is 0 Å². The topological polar surface area (TPSA) is 81.1 Å². The lowest BCUT2D eigenvalue weighted by Gasteiger charge is -2.10. The van der Waals surface area contributed by atoms with Crippen LogP contribution in [0.5, 0.6) is 0 Å². The van der Waals surface area contributed by atoms with Gasteiger partial charge in [-0.1, -0.05) is 0 Å². The number of unbranched alkanes of at least 4 members (excludes halogenated alkanes) is 1. The quantitative estimate of drug-likeness (QED) is 0.512. The maximum absolute atomic E-state index is 11.2. The highest BCUT2D eigenvalue weighted by atomic mass is 32.2. The summed E-state index contributed by atoms with van der Waals surface area (Å²) in [7, 11) is 0. The lowest BCUT2D eigenvalue weighted by molar-refractivity contribution is 0.100. The predicted octanol–water partition coefficient (Wildman–Crippen LogP) is 1.92. The van der Waals surface area contributed by atoms with E-state index in [2.05, 4.69) is 11.6 Å². The predicted molar refractivity (Wildman–Crippen MR) is 75.5 cm³/mol. The van der Waals surface area contributed by atoms with E-state index < -0.39 is 5.91 Å². The van der Waals surface area contributed by atoms with Crippen molar-refractivity contribution in [2.75, 3.05) is 29.6 Å². The number of amides is 1. The van der Waals surface area contributed by atoms with E-state index in [9.17, 15) is 4.79 Å². The lowest BCUT2D eigenvalue weighted by atomic mass is 10.1. The van der Waals surface area contributed by atoms with Gasteiger partial charge in [-0.2, -0.15) is 11.8 Å². The first kappa shape index (κ1) is 13.7. The second-order valence-electron chi connectivity index (χ2n) is 3.80. The minimum absolute atomic E-state index is 0.434. The maximum atomic E-state index is 11.2. The number of nitrogens with one attached hydrogen (secondary N) is 1. The third kappa shape index (κ3) is 4.56. The van der Waals surface area contributed by atoms with Crippen molar-refractivity contribution in [1.82, 2.24) is 0 Å². The Morgan fingerprint density at radius 2 is 2.18 bits per heavy atom. The Bertz CT molecular complexity index is 382. The van der Waals surface area contributed by atoms with Crippen LogP contribution >= 0.6 is 11.8 Å². The van der Waals surface area contributed by atoms with Crippen LogP contribution in [0.2, 0.25) is 0 Å². The van der Waals surface area contributed by atoms with Gasteiger partial charge in [0, 0.05) is 17.9 Å². The average Bonchev–Trinajstić information content (AvgIpc) is 2.28. The van der Waals surface area contributed by atoms with E-state index in [0.29, 0.717) is 11.3 Å². The molecule has 0 bridgehead atoms. The minimum Gasteiger partial charge on any atom is -0.399 e. The molecule has 0 aliphatic heterocycles. The Hall–Kier alpha value is -1.36. The number of nitrogens with two attached hydrogens (primary N) is 2. The molecule has 0 fully saturated rings. The van der Waals surface area contributed by atoms with E-state index in [0.717, 1.165) is 30.8 Å². The van der Waals surface area contributed by atoms with Crippen molar-refractivity contribution in [1.29, 1.82) is 0 Å². The molecule has 94 valence electrons. The van der Waals surface area contributed by atoms with Crippen molar-refractivity contribution in [2.24, 2.45) is 5.73 Å². The van der Waals surface area contributed by atoms with E-state index in [1.807, 2.05) is 11.8 Å². The van der Waals surface area contributed by atoms with E-state index in [1.54, 1.807) is 18.2 Å². The zero-order valence-corrected chi connectivity index (χ0v) is 10.8. The SMILES string of the molecule is CSCCCCNc1cc(N)ccc1C(N)=O. The zero-order valence-electron chi connectivity index (χ0n) is 10.0. The Labute approximate surface area is 106 Å². The number of primary amides is 1. The highest BCUT2D eigenvalue weighted by Gasteiger charge is 2.07. The fraction of sp³-hybridized carbons (Fsp3) is 0.417. The molecule has 0 atom stereocenters. The van der Waals surface area contributed by atoms with E-state index in [1.165, 1.54) is 0 Å². The molecule has 0 heterocycles. The Morgan fingerprint density at radius 3 is 2.82 bits per heavy atom. The van der Waals surface area contributed by atoms with Gasteiger partial charge in [0.2, 0.25) is 0 Å². The van der Waals surface area contributed by atoms with Gasteiger partial charge in [-0.3, -0.25) is 4.79 Å². The smallest absolute Gasteiger partial charge is 0.250 e. The molecular weight excluding hydrogens is 234 g/mol. The number of nitrogen functional groups attached to an aromatic ring is 1. The van der Waals surface area contributed by atoms with Crippen LogP contribution in [0, 0.1) is 0 Å². The lowest BCUT2D eigenvalue weighted by Crippen LogP contribution is -2.15. The van der Waals surface area contributed by atoms with Crippen molar-refractivity contribution in [2.45, 2.75) is 12.8 Å². The molecule has 17 heavy (non-hydrogen) atoms. The summed E-state index contributed by atoms with van der Waals surface area (Å²) in [6.07, 6.45) is 4.31. The van der Waals surface area contributed by atoms with Crippen LogP contribution in [0.15, 0.2) is 18.2 Å².